The van der Waals surface area contributed by atoms with Crippen molar-refractivity contribution in [3.8, 4) is 0 Å². The average Bonchev–Trinajstić information content (AvgIpc) is 2.96. The van der Waals surface area contributed by atoms with Crippen molar-refractivity contribution in [3.63, 3.8) is 0 Å². The van der Waals surface area contributed by atoms with Crippen molar-refractivity contribution in [1.82, 2.24) is 9.78 Å². The van der Waals surface area contributed by atoms with E-state index in [1.807, 2.05) is 24.3 Å². The van der Waals surface area contributed by atoms with Crippen molar-refractivity contribution in [2.45, 2.75) is 44.2 Å². The molecule has 0 spiro atoms. The normalized spacial score (nSPS) is 17.8. The van der Waals surface area contributed by atoms with E-state index in [0.717, 1.165) is 29.3 Å². The molecule has 1 unspecified atom stereocenters. The Labute approximate surface area is 154 Å². The van der Waals surface area contributed by atoms with Gasteiger partial charge in [0.05, 0.1) is 29.8 Å². The standard InChI is InChI=1S/C18H21BrN4O2/c1-12(24)10-23-11-13(9-21-23)16(25)22-17(20)18(7-2-8-18)14-3-5-15(19)6-4-14/h3-6,9,11-12,24H,2,7-8,10H2,1H3,(H2,20,22,25). The fraction of sp³-hybridized carbons (Fsp3) is 0.389. The van der Waals surface area contributed by atoms with Crippen LogP contribution in [0.5, 0.6) is 0 Å². The molecule has 0 saturated heterocycles. The highest BCUT2D eigenvalue weighted by molar-refractivity contribution is 9.10. The Bertz CT molecular complexity index is 792. The zero-order valence-electron chi connectivity index (χ0n) is 14.0. The summed E-state index contributed by atoms with van der Waals surface area (Å²) in [5, 5.41) is 13.5. The number of hydrogen-bond acceptors (Lipinski definition) is 3. The lowest BCUT2D eigenvalue weighted by Crippen LogP contribution is -2.47. The Balaban J connectivity index is 1.82. The summed E-state index contributed by atoms with van der Waals surface area (Å²) in [4.78, 5) is 16.6. The first-order chi connectivity index (χ1) is 11.9. The minimum atomic E-state index is -0.535. The van der Waals surface area contributed by atoms with Crippen molar-refractivity contribution in [1.29, 1.82) is 0 Å². The van der Waals surface area contributed by atoms with Gasteiger partial charge in [0.25, 0.3) is 5.91 Å². The van der Waals surface area contributed by atoms with E-state index >= 15 is 0 Å². The summed E-state index contributed by atoms with van der Waals surface area (Å²) >= 11 is 3.44. The van der Waals surface area contributed by atoms with Crippen LogP contribution in [0.4, 0.5) is 0 Å². The maximum atomic E-state index is 12.4. The third-order valence-electron chi connectivity index (χ3n) is 4.65. The molecule has 1 atom stereocenters. The van der Waals surface area contributed by atoms with Gasteiger partial charge in [0.15, 0.2) is 0 Å². The van der Waals surface area contributed by atoms with Crippen LogP contribution in [0.15, 0.2) is 46.1 Å². The lowest BCUT2D eigenvalue weighted by Gasteiger charge is -2.41. The number of hydrogen-bond donors (Lipinski definition) is 2. The molecule has 1 amide bonds. The number of nitrogens with two attached hydrogens (primary N) is 1. The highest BCUT2D eigenvalue weighted by atomic mass is 79.9. The predicted molar refractivity (Wildman–Crippen MR) is 99.5 cm³/mol. The molecule has 1 aliphatic carbocycles. The number of benzene rings is 1. The molecule has 1 aromatic carbocycles. The minimum absolute atomic E-state index is 0.329. The van der Waals surface area contributed by atoms with Crippen molar-refractivity contribution < 1.29 is 9.90 Å². The Hall–Kier alpha value is -1.99. The van der Waals surface area contributed by atoms with Crippen molar-refractivity contribution in [2.24, 2.45) is 10.7 Å². The maximum Gasteiger partial charge on any atom is 0.281 e. The Morgan fingerprint density at radius 1 is 1.44 bits per heavy atom. The molecule has 7 heteroatoms. The molecule has 1 saturated carbocycles. The maximum absolute atomic E-state index is 12.4. The van der Waals surface area contributed by atoms with Crippen molar-refractivity contribution >= 4 is 27.7 Å². The van der Waals surface area contributed by atoms with Crippen LogP contribution in [0.25, 0.3) is 0 Å². The molecule has 2 aromatic rings. The third kappa shape index (κ3) is 3.67. The van der Waals surface area contributed by atoms with E-state index in [1.165, 1.54) is 10.9 Å². The Morgan fingerprint density at radius 2 is 2.12 bits per heavy atom. The van der Waals surface area contributed by atoms with E-state index in [-0.39, 0.29) is 5.41 Å². The molecule has 1 fully saturated rings. The van der Waals surface area contributed by atoms with E-state index in [9.17, 15) is 9.90 Å². The molecule has 3 rings (SSSR count). The fourth-order valence-corrected chi connectivity index (χ4v) is 3.38. The van der Waals surface area contributed by atoms with Gasteiger partial charge in [-0.05, 0) is 37.5 Å². The van der Waals surface area contributed by atoms with E-state index in [1.54, 1.807) is 13.1 Å². The highest BCUT2D eigenvalue weighted by Gasteiger charge is 2.42. The van der Waals surface area contributed by atoms with Crippen LogP contribution in [0.2, 0.25) is 0 Å². The minimum Gasteiger partial charge on any atom is -0.391 e. The van der Waals surface area contributed by atoms with Gasteiger partial charge in [-0.25, -0.2) is 0 Å². The lowest BCUT2D eigenvalue weighted by atomic mass is 9.63. The Kier molecular flexibility index (Phi) is 5.06. The van der Waals surface area contributed by atoms with Crippen LogP contribution in [0.1, 0.15) is 42.1 Å². The number of aliphatic imine (C=N–C) groups is 1. The number of aliphatic hydroxyl groups excluding tert-OH is 1. The predicted octanol–water partition coefficient (Wildman–Crippen LogP) is 2.65. The molecule has 1 aromatic heterocycles. The van der Waals surface area contributed by atoms with Crippen LogP contribution in [0, 0.1) is 0 Å². The smallest absolute Gasteiger partial charge is 0.281 e. The second kappa shape index (κ2) is 7.09. The number of aromatic nitrogens is 2. The molecule has 3 N–H and O–H groups in total. The molecule has 1 aliphatic rings. The van der Waals surface area contributed by atoms with Gasteiger partial charge in [0.1, 0.15) is 5.84 Å². The molecule has 6 nitrogen and oxygen atoms in total. The SMILES string of the molecule is CC(O)Cn1cc(C(=O)N=C(N)C2(c3ccc(Br)cc3)CCC2)cn1. The van der Waals surface area contributed by atoms with Gasteiger partial charge >= 0.3 is 0 Å². The van der Waals surface area contributed by atoms with Gasteiger partial charge in [-0.2, -0.15) is 10.1 Å². The van der Waals surface area contributed by atoms with Crippen LogP contribution in [0.3, 0.4) is 0 Å². The second-order valence-electron chi connectivity index (χ2n) is 6.54. The van der Waals surface area contributed by atoms with E-state index < -0.39 is 12.0 Å². The zero-order valence-corrected chi connectivity index (χ0v) is 15.6. The van der Waals surface area contributed by atoms with E-state index in [4.69, 9.17) is 5.73 Å². The number of amides is 1. The summed E-state index contributed by atoms with van der Waals surface area (Å²) in [5.41, 5.74) is 7.36. The number of aliphatic hydroxyl groups is 1. The zero-order chi connectivity index (χ0) is 18.0. The first kappa shape index (κ1) is 17.8. The molecule has 1 heterocycles. The van der Waals surface area contributed by atoms with Crippen LogP contribution in [-0.2, 0) is 12.0 Å². The number of carbonyl (C=O) groups is 1. The molecule has 25 heavy (non-hydrogen) atoms. The van der Waals surface area contributed by atoms with Crippen molar-refractivity contribution in [2.75, 3.05) is 0 Å². The number of amidine groups is 1. The molecule has 0 radical (unpaired) electrons. The summed E-state index contributed by atoms with van der Waals surface area (Å²) < 4.78 is 2.53. The topological polar surface area (TPSA) is 93.5 Å². The number of halogens is 1. The van der Waals surface area contributed by atoms with E-state index in [0.29, 0.717) is 17.9 Å². The molecular formula is C18H21BrN4O2. The Morgan fingerprint density at radius 3 is 2.68 bits per heavy atom. The molecule has 132 valence electrons. The molecular weight excluding hydrogens is 384 g/mol. The quantitative estimate of drug-likeness (QED) is 0.591. The molecule has 0 bridgehead atoms. The average molecular weight is 405 g/mol. The van der Waals surface area contributed by atoms with Gasteiger partial charge in [-0.15, -0.1) is 0 Å². The van der Waals surface area contributed by atoms with Crippen LogP contribution in [-0.4, -0.2) is 32.7 Å². The van der Waals surface area contributed by atoms with Gasteiger partial charge in [0, 0.05) is 10.7 Å². The summed E-state index contributed by atoms with van der Waals surface area (Å²) in [7, 11) is 0. The summed E-state index contributed by atoms with van der Waals surface area (Å²) in [6.45, 7) is 1.99. The van der Waals surface area contributed by atoms with Gasteiger partial charge in [-0.1, -0.05) is 34.5 Å². The largest absolute Gasteiger partial charge is 0.391 e. The van der Waals surface area contributed by atoms with Crippen LogP contribution < -0.4 is 5.73 Å². The molecule has 0 aliphatic heterocycles. The van der Waals surface area contributed by atoms with Crippen molar-refractivity contribution in [3.05, 3.63) is 52.3 Å². The van der Waals surface area contributed by atoms with Gasteiger partial charge < -0.3 is 10.8 Å². The summed E-state index contributed by atoms with van der Waals surface area (Å²) in [6.07, 6.45) is 5.34. The third-order valence-corrected chi connectivity index (χ3v) is 5.18. The summed E-state index contributed by atoms with van der Waals surface area (Å²) in [5.74, 6) is -0.0490. The van der Waals surface area contributed by atoms with Crippen LogP contribution >= 0.6 is 15.9 Å². The van der Waals surface area contributed by atoms with Gasteiger partial charge in [0.2, 0.25) is 0 Å². The second-order valence-corrected chi connectivity index (χ2v) is 7.46. The summed E-state index contributed by atoms with van der Waals surface area (Å²) in [6, 6.07) is 8.00. The lowest BCUT2D eigenvalue weighted by molar-refractivity contribution is 0.100. The number of rotatable bonds is 5. The first-order valence-corrected chi connectivity index (χ1v) is 9.05. The van der Waals surface area contributed by atoms with Gasteiger partial charge in [-0.3, -0.25) is 9.48 Å². The van der Waals surface area contributed by atoms with E-state index in [2.05, 4.69) is 26.0 Å². The first-order valence-electron chi connectivity index (χ1n) is 8.26. The number of nitrogens with zero attached hydrogens (tertiary/aromatic N) is 3. The highest BCUT2D eigenvalue weighted by Crippen LogP contribution is 2.44. The monoisotopic (exact) mass is 404 g/mol. The fourth-order valence-electron chi connectivity index (χ4n) is 3.12. The number of carbonyl (C=O) groups excluding carboxylic acids is 1.